The lowest BCUT2D eigenvalue weighted by atomic mass is 10.2. The summed E-state index contributed by atoms with van der Waals surface area (Å²) in [4.78, 5) is 8.48. The topological polar surface area (TPSA) is 59.9 Å². The highest BCUT2D eigenvalue weighted by Crippen LogP contribution is 2.21. The summed E-state index contributed by atoms with van der Waals surface area (Å²) in [6.07, 6.45) is 4.66. The molecule has 0 saturated carbocycles. The Balaban J connectivity index is 1.95. The molecule has 0 bridgehead atoms. The zero-order valence-corrected chi connectivity index (χ0v) is 12.6. The molecule has 0 N–H and O–H groups in total. The Hall–Kier alpha value is -2.53. The summed E-state index contributed by atoms with van der Waals surface area (Å²) in [6, 6.07) is 16.2. The number of sulfone groups is 1. The third-order valence-corrected chi connectivity index (χ3v) is 4.89. The van der Waals surface area contributed by atoms with Crippen LogP contribution in [0.1, 0.15) is 5.56 Å². The molecule has 0 unspecified atom stereocenters. The Bertz CT molecular complexity index is 863. The number of nitrogens with zero attached hydrogens (tertiary/aromatic N) is 2. The van der Waals surface area contributed by atoms with Crippen molar-refractivity contribution in [3.63, 3.8) is 0 Å². The molecule has 1 aromatic carbocycles. The summed E-state index contributed by atoms with van der Waals surface area (Å²) in [5.74, 6) is -0.0405. The van der Waals surface area contributed by atoms with Gasteiger partial charge in [-0.15, -0.1) is 0 Å². The standard InChI is InChI=1S/C17H14N2O2S/c20-22(21,13-14-6-2-1-3-7-14)16-10-15(11-18-12-16)17-8-4-5-9-19-17/h1-12H,13H2. The minimum Gasteiger partial charge on any atom is -0.263 e. The maximum absolute atomic E-state index is 12.5. The van der Waals surface area contributed by atoms with Gasteiger partial charge in [0.05, 0.1) is 16.3 Å². The molecule has 0 atom stereocenters. The summed E-state index contributed by atoms with van der Waals surface area (Å²) in [5.41, 5.74) is 2.15. The van der Waals surface area contributed by atoms with Gasteiger partial charge >= 0.3 is 0 Å². The summed E-state index contributed by atoms with van der Waals surface area (Å²) in [5, 5.41) is 0. The molecule has 2 aromatic heterocycles. The number of pyridine rings is 2. The van der Waals surface area contributed by atoms with Crippen molar-refractivity contribution < 1.29 is 8.42 Å². The maximum atomic E-state index is 12.5. The van der Waals surface area contributed by atoms with Crippen LogP contribution >= 0.6 is 0 Å². The number of benzene rings is 1. The van der Waals surface area contributed by atoms with E-state index in [0.717, 1.165) is 5.56 Å². The minimum absolute atomic E-state index is 0.0405. The van der Waals surface area contributed by atoms with E-state index in [1.807, 2.05) is 36.4 Å². The molecular formula is C17H14N2O2S. The van der Waals surface area contributed by atoms with Crippen LogP contribution < -0.4 is 0 Å². The van der Waals surface area contributed by atoms with Gasteiger partial charge in [-0.1, -0.05) is 36.4 Å². The van der Waals surface area contributed by atoms with Crippen molar-refractivity contribution in [1.29, 1.82) is 0 Å². The molecule has 0 amide bonds. The fourth-order valence-electron chi connectivity index (χ4n) is 2.14. The third kappa shape index (κ3) is 3.20. The van der Waals surface area contributed by atoms with Crippen LogP contribution in [-0.2, 0) is 15.6 Å². The molecule has 0 radical (unpaired) electrons. The highest BCUT2D eigenvalue weighted by molar-refractivity contribution is 7.90. The quantitative estimate of drug-likeness (QED) is 0.743. The molecule has 5 heteroatoms. The Kier molecular flexibility index (Phi) is 3.98. The maximum Gasteiger partial charge on any atom is 0.184 e. The van der Waals surface area contributed by atoms with Crippen LogP contribution in [0.15, 0.2) is 78.1 Å². The molecule has 0 aliphatic heterocycles. The van der Waals surface area contributed by atoms with Crippen LogP contribution in [0, 0.1) is 0 Å². The van der Waals surface area contributed by atoms with E-state index in [2.05, 4.69) is 9.97 Å². The predicted molar refractivity (Wildman–Crippen MR) is 84.8 cm³/mol. The van der Waals surface area contributed by atoms with Crippen molar-refractivity contribution in [3.8, 4) is 11.3 Å². The Morgan fingerprint density at radius 3 is 2.41 bits per heavy atom. The van der Waals surface area contributed by atoms with Gasteiger partial charge in [0.15, 0.2) is 9.84 Å². The van der Waals surface area contributed by atoms with Crippen LogP contribution in [0.2, 0.25) is 0 Å². The number of rotatable bonds is 4. The SMILES string of the molecule is O=S(=O)(Cc1ccccc1)c1cncc(-c2ccccn2)c1. The van der Waals surface area contributed by atoms with Crippen molar-refractivity contribution in [2.45, 2.75) is 10.6 Å². The molecule has 110 valence electrons. The van der Waals surface area contributed by atoms with Crippen LogP contribution in [0.3, 0.4) is 0 Å². The van der Waals surface area contributed by atoms with Crippen molar-refractivity contribution in [2.75, 3.05) is 0 Å². The van der Waals surface area contributed by atoms with Gasteiger partial charge in [0.2, 0.25) is 0 Å². The van der Waals surface area contributed by atoms with E-state index in [1.54, 1.807) is 30.6 Å². The molecule has 0 spiro atoms. The highest BCUT2D eigenvalue weighted by Gasteiger charge is 2.16. The molecule has 2 heterocycles. The smallest absolute Gasteiger partial charge is 0.184 e. The summed E-state index contributed by atoms with van der Waals surface area (Å²) in [7, 11) is -3.43. The van der Waals surface area contributed by atoms with E-state index >= 15 is 0 Å². The van der Waals surface area contributed by atoms with Gasteiger partial charge < -0.3 is 0 Å². The first-order valence-corrected chi connectivity index (χ1v) is 8.43. The molecule has 0 aliphatic carbocycles. The van der Waals surface area contributed by atoms with E-state index in [1.165, 1.54) is 6.20 Å². The Morgan fingerprint density at radius 2 is 1.68 bits per heavy atom. The second kappa shape index (κ2) is 6.07. The van der Waals surface area contributed by atoms with Crippen molar-refractivity contribution >= 4 is 9.84 Å². The fraction of sp³-hybridized carbons (Fsp3) is 0.0588. The lowest BCUT2D eigenvalue weighted by molar-refractivity contribution is 0.595. The lowest BCUT2D eigenvalue weighted by Crippen LogP contribution is -2.05. The van der Waals surface area contributed by atoms with E-state index in [-0.39, 0.29) is 10.6 Å². The second-order valence-corrected chi connectivity index (χ2v) is 6.86. The van der Waals surface area contributed by atoms with Gasteiger partial charge in [0, 0.05) is 24.2 Å². The van der Waals surface area contributed by atoms with E-state index < -0.39 is 9.84 Å². The average molecular weight is 310 g/mol. The second-order valence-electron chi connectivity index (χ2n) is 4.87. The number of hydrogen-bond donors (Lipinski definition) is 0. The average Bonchev–Trinajstić information content (AvgIpc) is 2.56. The largest absolute Gasteiger partial charge is 0.263 e. The molecule has 22 heavy (non-hydrogen) atoms. The van der Waals surface area contributed by atoms with Gasteiger partial charge in [-0.3, -0.25) is 9.97 Å². The van der Waals surface area contributed by atoms with Crippen molar-refractivity contribution in [2.24, 2.45) is 0 Å². The highest BCUT2D eigenvalue weighted by atomic mass is 32.2. The van der Waals surface area contributed by atoms with E-state index in [9.17, 15) is 8.42 Å². The van der Waals surface area contributed by atoms with E-state index in [4.69, 9.17) is 0 Å². The number of aromatic nitrogens is 2. The minimum atomic E-state index is -3.43. The molecule has 3 rings (SSSR count). The summed E-state index contributed by atoms with van der Waals surface area (Å²) < 4.78 is 25.0. The van der Waals surface area contributed by atoms with Gasteiger partial charge in [-0.25, -0.2) is 8.42 Å². The van der Waals surface area contributed by atoms with Crippen LogP contribution in [-0.4, -0.2) is 18.4 Å². The van der Waals surface area contributed by atoms with Gasteiger partial charge in [-0.2, -0.15) is 0 Å². The van der Waals surface area contributed by atoms with Crippen molar-refractivity contribution in [3.05, 3.63) is 78.8 Å². The van der Waals surface area contributed by atoms with Crippen LogP contribution in [0.25, 0.3) is 11.3 Å². The van der Waals surface area contributed by atoms with Gasteiger partial charge in [-0.05, 0) is 23.8 Å². The summed E-state index contributed by atoms with van der Waals surface area (Å²) >= 11 is 0. The first kappa shape index (κ1) is 14.4. The van der Waals surface area contributed by atoms with E-state index in [0.29, 0.717) is 11.3 Å². The molecule has 0 aliphatic rings. The Labute approximate surface area is 129 Å². The normalized spacial score (nSPS) is 11.3. The first-order valence-electron chi connectivity index (χ1n) is 6.78. The molecule has 0 saturated heterocycles. The summed E-state index contributed by atoms with van der Waals surface area (Å²) in [6.45, 7) is 0. The monoisotopic (exact) mass is 310 g/mol. The third-order valence-electron chi connectivity index (χ3n) is 3.23. The van der Waals surface area contributed by atoms with Crippen LogP contribution in [0.5, 0.6) is 0 Å². The zero-order chi connectivity index (χ0) is 15.4. The van der Waals surface area contributed by atoms with Crippen molar-refractivity contribution in [1.82, 2.24) is 9.97 Å². The first-order chi connectivity index (χ1) is 10.6. The molecule has 4 nitrogen and oxygen atoms in total. The molecule has 3 aromatic rings. The van der Waals surface area contributed by atoms with Gasteiger partial charge in [0.25, 0.3) is 0 Å². The van der Waals surface area contributed by atoms with Crippen LogP contribution in [0.4, 0.5) is 0 Å². The fourth-order valence-corrected chi connectivity index (χ4v) is 3.47. The zero-order valence-electron chi connectivity index (χ0n) is 11.8. The number of hydrogen-bond acceptors (Lipinski definition) is 4. The molecular weight excluding hydrogens is 296 g/mol. The van der Waals surface area contributed by atoms with Gasteiger partial charge in [0.1, 0.15) is 0 Å². The predicted octanol–water partition coefficient (Wildman–Crippen LogP) is 3.12. The lowest BCUT2D eigenvalue weighted by Gasteiger charge is -2.06. The molecule has 0 fully saturated rings. The Morgan fingerprint density at radius 1 is 0.909 bits per heavy atom.